The molecule has 0 radical (unpaired) electrons. The maximum Gasteiger partial charge on any atom is 0.183 e. The van der Waals surface area contributed by atoms with Crippen LogP contribution in [0.25, 0.3) is 0 Å². The van der Waals surface area contributed by atoms with Crippen molar-refractivity contribution >= 4 is 28.9 Å². The Hall–Kier alpha value is -2.00. The molecule has 0 amide bonds. The summed E-state index contributed by atoms with van der Waals surface area (Å²) in [5.41, 5.74) is 1.01. The van der Waals surface area contributed by atoms with Crippen molar-refractivity contribution in [2.24, 2.45) is 4.99 Å². The molecule has 0 saturated heterocycles. The topological polar surface area (TPSA) is 74.5 Å². The van der Waals surface area contributed by atoms with Gasteiger partial charge >= 0.3 is 0 Å². The lowest BCUT2D eigenvalue weighted by atomic mass is 10.2. The van der Waals surface area contributed by atoms with E-state index in [0.717, 1.165) is 6.29 Å². The van der Waals surface area contributed by atoms with Crippen molar-refractivity contribution in [1.29, 1.82) is 5.26 Å². The Morgan fingerprint density at radius 1 is 1.65 bits per heavy atom. The fourth-order valence-corrected chi connectivity index (χ4v) is 1.49. The van der Waals surface area contributed by atoms with Crippen molar-refractivity contribution in [2.75, 3.05) is 13.4 Å². The van der Waals surface area contributed by atoms with Gasteiger partial charge in [-0.05, 0) is 24.5 Å². The lowest BCUT2D eigenvalue weighted by molar-refractivity contribution is 0.112. The lowest BCUT2D eigenvalue weighted by Gasteiger charge is -2.06. The molecular formula is C11H11N3O2S. The predicted molar refractivity (Wildman–Crippen MR) is 67.7 cm³/mol. The number of methoxy groups -OCH3 is 1. The van der Waals surface area contributed by atoms with Crippen LogP contribution in [0.5, 0.6) is 5.75 Å². The Labute approximate surface area is 103 Å². The van der Waals surface area contributed by atoms with E-state index in [9.17, 15) is 4.79 Å². The van der Waals surface area contributed by atoms with Gasteiger partial charge in [-0.1, -0.05) is 11.8 Å². The summed E-state index contributed by atoms with van der Waals surface area (Å²) in [7, 11) is 1.52. The maximum atomic E-state index is 10.7. The third-order valence-electron chi connectivity index (χ3n) is 1.92. The van der Waals surface area contributed by atoms with E-state index in [1.807, 2.05) is 0 Å². The van der Waals surface area contributed by atoms with Crippen LogP contribution in [0.4, 0.5) is 5.69 Å². The number of nitrogens with one attached hydrogen (secondary N) is 1. The van der Waals surface area contributed by atoms with E-state index < -0.39 is 0 Å². The highest BCUT2D eigenvalue weighted by atomic mass is 32.2. The highest BCUT2D eigenvalue weighted by Crippen LogP contribution is 2.28. The van der Waals surface area contributed by atoms with Crippen LogP contribution in [0.3, 0.4) is 0 Å². The number of thioether (sulfide) groups is 1. The lowest BCUT2D eigenvalue weighted by Crippen LogP contribution is -2.12. The van der Waals surface area contributed by atoms with E-state index in [0.29, 0.717) is 22.2 Å². The van der Waals surface area contributed by atoms with Crippen LogP contribution in [-0.4, -0.2) is 24.8 Å². The third-order valence-corrected chi connectivity index (χ3v) is 2.50. The summed E-state index contributed by atoms with van der Waals surface area (Å²) in [6, 6.07) is 4.90. The SMILES string of the molecule is COc1ccc(C=O)cc1N=C(NC#N)SC. The third kappa shape index (κ3) is 3.50. The summed E-state index contributed by atoms with van der Waals surface area (Å²) in [5, 5.41) is 11.4. The maximum absolute atomic E-state index is 10.7. The number of nitrogens with zero attached hydrogens (tertiary/aromatic N) is 2. The van der Waals surface area contributed by atoms with Gasteiger partial charge in [0.2, 0.25) is 0 Å². The van der Waals surface area contributed by atoms with Gasteiger partial charge in [-0.3, -0.25) is 10.1 Å². The zero-order valence-corrected chi connectivity index (χ0v) is 10.2. The summed E-state index contributed by atoms with van der Waals surface area (Å²) in [5.74, 6) is 0.543. The molecule has 0 fully saturated rings. The van der Waals surface area contributed by atoms with Crippen molar-refractivity contribution in [1.82, 2.24) is 5.32 Å². The monoisotopic (exact) mass is 249 g/mol. The van der Waals surface area contributed by atoms with E-state index in [4.69, 9.17) is 10.00 Å². The second kappa shape index (κ2) is 6.55. The number of carbonyl (C=O) groups is 1. The number of carbonyl (C=O) groups excluding carboxylic acids is 1. The van der Waals surface area contributed by atoms with Gasteiger partial charge < -0.3 is 4.74 Å². The molecular weight excluding hydrogens is 238 g/mol. The molecule has 0 unspecified atom stereocenters. The molecule has 88 valence electrons. The van der Waals surface area contributed by atoms with Crippen LogP contribution in [-0.2, 0) is 0 Å². The van der Waals surface area contributed by atoms with E-state index in [1.165, 1.54) is 18.9 Å². The Morgan fingerprint density at radius 2 is 2.41 bits per heavy atom. The van der Waals surface area contributed by atoms with Gasteiger partial charge in [0.1, 0.15) is 17.7 Å². The number of aldehydes is 1. The summed E-state index contributed by atoms with van der Waals surface area (Å²) in [6.45, 7) is 0. The van der Waals surface area contributed by atoms with E-state index in [1.54, 1.807) is 30.6 Å². The molecule has 17 heavy (non-hydrogen) atoms. The summed E-state index contributed by atoms with van der Waals surface area (Å²) < 4.78 is 5.13. The van der Waals surface area contributed by atoms with Crippen molar-refractivity contribution in [3.8, 4) is 11.9 Å². The fraction of sp³-hybridized carbons (Fsp3) is 0.182. The Balaban J connectivity index is 3.18. The van der Waals surface area contributed by atoms with Crippen LogP contribution < -0.4 is 10.1 Å². The molecule has 0 spiro atoms. The predicted octanol–water partition coefficient (Wildman–Crippen LogP) is 1.93. The number of rotatable bonds is 3. The van der Waals surface area contributed by atoms with Gasteiger partial charge in [-0.25, -0.2) is 4.99 Å². The average molecular weight is 249 g/mol. The molecule has 0 aliphatic carbocycles. The number of hydrogen-bond acceptors (Lipinski definition) is 5. The normalized spacial score (nSPS) is 10.5. The molecule has 0 saturated carbocycles. The van der Waals surface area contributed by atoms with Crippen molar-refractivity contribution < 1.29 is 9.53 Å². The fourth-order valence-electron chi connectivity index (χ4n) is 1.15. The van der Waals surface area contributed by atoms with E-state index in [2.05, 4.69) is 10.3 Å². The molecule has 1 aromatic rings. The molecule has 1 rings (SSSR count). The van der Waals surface area contributed by atoms with Gasteiger partial charge in [-0.15, -0.1) is 0 Å². The molecule has 6 heteroatoms. The van der Waals surface area contributed by atoms with Crippen molar-refractivity contribution in [2.45, 2.75) is 0 Å². The molecule has 0 aromatic heterocycles. The van der Waals surface area contributed by atoms with E-state index in [-0.39, 0.29) is 0 Å². The first kappa shape index (κ1) is 13.1. The number of hydrogen-bond donors (Lipinski definition) is 1. The number of amidine groups is 1. The number of benzene rings is 1. The quantitative estimate of drug-likeness (QED) is 0.291. The van der Waals surface area contributed by atoms with Gasteiger partial charge in [0.05, 0.1) is 7.11 Å². The average Bonchev–Trinajstić information content (AvgIpc) is 2.38. The molecule has 0 bridgehead atoms. The Morgan fingerprint density at radius 3 is 2.94 bits per heavy atom. The van der Waals surface area contributed by atoms with Crippen LogP contribution in [0.1, 0.15) is 10.4 Å². The highest BCUT2D eigenvalue weighted by molar-refractivity contribution is 8.13. The summed E-state index contributed by atoms with van der Waals surface area (Å²) in [6.07, 6.45) is 4.32. The zero-order chi connectivity index (χ0) is 12.7. The summed E-state index contributed by atoms with van der Waals surface area (Å²) in [4.78, 5) is 14.9. The van der Waals surface area contributed by atoms with Crippen LogP contribution in [0.2, 0.25) is 0 Å². The van der Waals surface area contributed by atoms with Crippen molar-refractivity contribution in [3.63, 3.8) is 0 Å². The molecule has 0 atom stereocenters. The number of ether oxygens (including phenoxy) is 1. The standard InChI is InChI=1S/C11H11N3O2S/c1-16-10-4-3-8(6-15)5-9(10)14-11(17-2)13-7-12/h3-6H,1-2H3,(H,13,14). The minimum absolute atomic E-state index is 0.439. The van der Waals surface area contributed by atoms with Crippen molar-refractivity contribution in [3.05, 3.63) is 23.8 Å². The molecule has 1 aromatic carbocycles. The second-order valence-corrected chi connectivity index (χ2v) is 3.70. The number of aliphatic imine (C=N–C) groups is 1. The largest absolute Gasteiger partial charge is 0.494 e. The van der Waals surface area contributed by atoms with Gasteiger partial charge in [0, 0.05) is 5.56 Å². The molecule has 0 aliphatic rings. The summed E-state index contributed by atoms with van der Waals surface area (Å²) >= 11 is 1.29. The van der Waals surface area contributed by atoms with Gasteiger partial charge in [0.25, 0.3) is 0 Å². The molecule has 5 nitrogen and oxygen atoms in total. The molecule has 1 N–H and O–H groups in total. The minimum Gasteiger partial charge on any atom is -0.494 e. The van der Waals surface area contributed by atoms with Crippen LogP contribution >= 0.6 is 11.8 Å². The first-order valence-electron chi connectivity index (χ1n) is 4.66. The van der Waals surface area contributed by atoms with Gasteiger partial charge in [-0.2, -0.15) is 5.26 Å². The molecule has 0 aliphatic heterocycles. The van der Waals surface area contributed by atoms with Crippen LogP contribution in [0, 0.1) is 11.5 Å². The van der Waals surface area contributed by atoms with E-state index >= 15 is 0 Å². The first-order chi connectivity index (χ1) is 8.24. The first-order valence-corrected chi connectivity index (χ1v) is 5.88. The Bertz CT molecular complexity index is 480. The van der Waals surface area contributed by atoms with Gasteiger partial charge in [0.15, 0.2) is 11.4 Å². The highest BCUT2D eigenvalue weighted by Gasteiger charge is 2.05. The minimum atomic E-state index is 0.439. The number of nitriles is 1. The molecule has 0 heterocycles. The van der Waals surface area contributed by atoms with Crippen LogP contribution in [0.15, 0.2) is 23.2 Å². The zero-order valence-electron chi connectivity index (χ0n) is 9.43. The second-order valence-electron chi connectivity index (χ2n) is 2.91. The Kier molecular flexibility index (Phi) is 5.04. The smallest absolute Gasteiger partial charge is 0.183 e.